The second-order valence-corrected chi connectivity index (χ2v) is 5.66. The van der Waals surface area contributed by atoms with Crippen LogP contribution in [0.5, 0.6) is 0 Å². The molecule has 1 aromatic rings. The highest BCUT2D eigenvalue weighted by Gasteiger charge is 2.28. The minimum Gasteiger partial charge on any atom is -0.450 e. The van der Waals surface area contributed by atoms with E-state index in [0.29, 0.717) is 24.2 Å². The second kappa shape index (κ2) is 7.76. The quantitative estimate of drug-likeness (QED) is 0.671. The Labute approximate surface area is 139 Å². The predicted molar refractivity (Wildman–Crippen MR) is 86.9 cm³/mol. The zero-order valence-corrected chi connectivity index (χ0v) is 13.8. The summed E-state index contributed by atoms with van der Waals surface area (Å²) in [5, 5.41) is 13.8. The lowest BCUT2D eigenvalue weighted by molar-refractivity contribution is -0.385. The molecule has 0 radical (unpaired) electrons. The molecule has 1 saturated heterocycles. The highest BCUT2D eigenvalue weighted by Crippen LogP contribution is 2.23. The zero-order chi connectivity index (χ0) is 17.7. The van der Waals surface area contributed by atoms with Crippen LogP contribution in [0.15, 0.2) is 18.2 Å². The van der Waals surface area contributed by atoms with Gasteiger partial charge in [0.15, 0.2) is 0 Å². The van der Waals surface area contributed by atoms with Crippen LogP contribution < -0.4 is 5.32 Å². The first-order chi connectivity index (χ1) is 11.4. The van der Waals surface area contributed by atoms with Crippen molar-refractivity contribution in [2.45, 2.75) is 32.7 Å². The molecule has 8 nitrogen and oxygen atoms in total. The molecule has 0 aromatic heterocycles. The van der Waals surface area contributed by atoms with Gasteiger partial charge in [0.25, 0.3) is 11.6 Å². The zero-order valence-electron chi connectivity index (χ0n) is 13.8. The lowest BCUT2D eigenvalue weighted by Gasteiger charge is -2.33. The SMILES string of the molecule is CCOC(=O)N[C@@H]1CCCN(C(=O)c2cccc([N+](=O)[O-])c2C)C1. The fourth-order valence-electron chi connectivity index (χ4n) is 2.84. The second-order valence-electron chi connectivity index (χ2n) is 5.66. The number of alkyl carbamates (subject to hydrolysis) is 1. The van der Waals surface area contributed by atoms with Gasteiger partial charge >= 0.3 is 6.09 Å². The molecule has 0 unspecified atom stereocenters. The van der Waals surface area contributed by atoms with Crippen LogP contribution in [0.2, 0.25) is 0 Å². The summed E-state index contributed by atoms with van der Waals surface area (Å²) in [6, 6.07) is 4.30. The Morgan fingerprint density at radius 2 is 2.21 bits per heavy atom. The van der Waals surface area contributed by atoms with Crippen molar-refractivity contribution in [3.8, 4) is 0 Å². The first kappa shape index (κ1) is 17.7. The normalized spacial score (nSPS) is 17.2. The molecule has 1 heterocycles. The topological polar surface area (TPSA) is 102 Å². The maximum atomic E-state index is 12.7. The Bertz CT molecular complexity index is 647. The summed E-state index contributed by atoms with van der Waals surface area (Å²) in [5.74, 6) is -0.258. The molecule has 1 atom stereocenters. The fourth-order valence-corrected chi connectivity index (χ4v) is 2.84. The van der Waals surface area contributed by atoms with E-state index in [-0.39, 0.29) is 24.2 Å². The van der Waals surface area contributed by atoms with Crippen molar-refractivity contribution in [2.24, 2.45) is 0 Å². The lowest BCUT2D eigenvalue weighted by Crippen LogP contribution is -2.49. The van der Waals surface area contributed by atoms with Crippen LogP contribution >= 0.6 is 0 Å². The first-order valence-corrected chi connectivity index (χ1v) is 7.90. The number of carbonyl (C=O) groups excluding carboxylic acids is 2. The highest BCUT2D eigenvalue weighted by atomic mass is 16.6. The van der Waals surface area contributed by atoms with E-state index in [9.17, 15) is 19.7 Å². The molecular weight excluding hydrogens is 314 g/mol. The molecule has 24 heavy (non-hydrogen) atoms. The van der Waals surface area contributed by atoms with Gasteiger partial charge in [-0.1, -0.05) is 6.07 Å². The summed E-state index contributed by atoms with van der Waals surface area (Å²) in [5.41, 5.74) is 0.605. The van der Waals surface area contributed by atoms with Gasteiger partial charge in [-0.3, -0.25) is 14.9 Å². The van der Waals surface area contributed by atoms with Crippen molar-refractivity contribution in [1.29, 1.82) is 0 Å². The number of rotatable bonds is 4. The van der Waals surface area contributed by atoms with Gasteiger partial charge in [0, 0.05) is 36.3 Å². The minimum atomic E-state index is -0.497. The number of amides is 2. The van der Waals surface area contributed by atoms with Gasteiger partial charge in [-0.2, -0.15) is 0 Å². The maximum absolute atomic E-state index is 12.7. The number of piperidine rings is 1. The van der Waals surface area contributed by atoms with Crippen LogP contribution in [0.25, 0.3) is 0 Å². The van der Waals surface area contributed by atoms with E-state index in [2.05, 4.69) is 5.32 Å². The fraction of sp³-hybridized carbons (Fsp3) is 0.500. The molecule has 2 rings (SSSR count). The third-order valence-corrected chi connectivity index (χ3v) is 4.04. The van der Waals surface area contributed by atoms with Crippen molar-refractivity contribution in [3.05, 3.63) is 39.4 Å². The Hall–Kier alpha value is -2.64. The molecular formula is C16H21N3O5. The van der Waals surface area contributed by atoms with Crippen molar-refractivity contribution in [1.82, 2.24) is 10.2 Å². The number of nitrogens with zero attached hydrogens (tertiary/aromatic N) is 2. The van der Waals surface area contributed by atoms with Gasteiger partial charge in [-0.15, -0.1) is 0 Å². The van der Waals surface area contributed by atoms with Crippen LogP contribution in [0.3, 0.4) is 0 Å². The van der Waals surface area contributed by atoms with E-state index in [1.165, 1.54) is 12.1 Å². The smallest absolute Gasteiger partial charge is 0.407 e. The number of ether oxygens (including phenoxy) is 1. The highest BCUT2D eigenvalue weighted by molar-refractivity contribution is 5.96. The summed E-state index contributed by atoms with van der Waals surface area (Å²) in [7, 11) is 0. The van der Waals surface area contributed by atoms with Crippen LogP contribution in [0.4, 0.5) is 10.5 Å². The summed E-state index contributed by atoms with van der Waals surface area (Å²) in [4.78, 5) is 36.4. The molecule has 2 amide bonds. The molecule has 0 spiro atoms. The Balaban J connectivity index is 2.11. The van der Waals surface area contributed by atoms with Crippen LogP contribution in [0, 0.1) is 17.0 Å². The molecule has 0 aliphatic carbocycles. The van der Waals surface area contributed by atoms with E-state index in [0.717, 1.165) is 12.8 Å². The Kier molecular flexibility index (Phi) is 5.73. The van der Waals surface area contributed by atoms with Crippen LogP contribution in [-0.4, -0.2) is 47.6 Å². The molecule has 1 aromatic carbocycles. The van der Waals surface area contributed by atoms with Gasteiger partial charge in [-0.25, -0.2) is 4.79 Å². The Morgan fingerprint density at radius 3 is 2.88 bits per heavy atom. The molecule has 1 aliphatic heterocycles. The number of benzene rings is 1. The maximum Gasteiger partial charge on any atom is 0.407 e. The number of likely N-dealkylation sites (tertiary alicyclic amines) is 1. The van der Waals surface area contributed by atoms with Crippen molar-refractivity contribution < 1.29 is 19.2 Å². The third-order valence-electron chi connectivity index (χ3n) is 4.04. The van der Waals surface area contributed by atoms with Gasteiger partial charge in [0.2, 0.25) is 0 Å². The predicted octanol–water partition coefficient (Wildman–Crippen LogP) is 2.25. The lowest BCUT2D eigenvalue weighted by atomic mass is 10.0. The number of hydrogen-bond donors (Lipinski definition) is 1. The van der Waals surface area contributed by atoms with Crippen LogP contribution in [0.1, 0.15) is 35.7 Å². The van der Waals surface area contributed by atoms with E-state index in [4.69, 9.17) is 4.74 Å². The number of carbonyl (C=O) groups is 2. The van der Waals surface area contributed by atoms with Gasteiger partial charge < -0.3 is 15.0 Å². The van der Waals surface area contributed by atoms with Crippen LogP contribution in [-0.2, 0) is 4.74 Å². The largest absolute Gasteiger partial charge is 0.450 e. The molecule has 1 aliphatic rings. The Morgan fingerprint density at radius 1 is 1.46 bits per heavy atom. The van der Waals surface area contributed by atoms with E-state index in [1.807, 2.05) is 0 Å². The van der Waals surface area contributed by atoms with E-state index in [1.54, 1.807) is 24.8 Å². The first-order valence-electron chi connectivity index (χ1n) is 7.90. The summed E-state index contributed by atoms with van der Waals surface area (Å²) >= 11 is 0. The molecule has 0 saturated carbocycles. The average molecular weight is 335 g/mol. The number of hydrogen-bond acceptors (Lipinski definition) is 5. The summed E-state index contributed by atoms with van der Waals surface area (Å²) in [6.45, 7) is 4.50. The minimum absolute atomic E-state index is 0.0703. The summed E-state index contributed by atoms with van der Waals surface area (Å²) in [6.07, 6.45) is 1.01. The van der Waals surface area contributed by atoms with E-state index < -0.39 is 11.0 Å². The average Bonchev–Trinajstić information content (AvgIpc) is 2.54. The molecule has 0 bridgehead atoms. The van der Waals surface area contributed by atoms with Gasteiger partial charge in [0.1, 0.15) is 0 Å². The van der Waals surface area contributed by atoms with Crippen molar-refractivity contribution in [2.75, 3.05) is 19.7 Å². The number of nitrogens with one attached hydrogen (secondary N) is 1. The standard InChI is InChI=1S/C16H21N3O5/c1-3-24-16(21)17-12-6-5-9-18(10-12)15(20)13-7-4-8-14(11(13)2)19(22)23/h4,7-8,12H,3,5-6,9-10H2,1-2H3,(H,17,21)/t12-/m1/s1. The molecule has 1 N–H and O–H groups in total. The third kappa shape index (κ3) is 4.01. The number of nitro groups is 1. The number of nitro benzene ring substituents is 1. The van der Waals surface area contributed by atoms with Crippen molar-refractivity contribution in [3.63, 3.8) is 0 Å². The van der Waals surface area contributed by atoms with Gasteiger partial charge in [0.05, 0.1) is 11.5 Å². The molecule has 130 valence electrons. The molecule has 8 heteroatoms. The molecule has 1 fully saturated rings. The van der Waals surface area contributed by atoms with Crippen molar-refractivity contribution >= 4 is 17.7 Å². The monoisotopic (exact) mass is 335 g/mol. The summed E-state index contributed by atoms with van der Waals surface area (Å²) < 4.78 is 4.86. The van der Waals surface area contributed by atoms with E-state index >= 15 is 0 Å². The van der Waals surface area contributed by atoms with Gasteiger partial charge in [-0.05, 0) is 32.8 Å².